The molecule has 46 heteroatoms. The van der Waals surface area contributed by atoms with Crippen LogP contribution in [0, 0.1) is 529 Å². The minimum atomic E-state index is -1.49. The number of benzene rings is 1. The maximum Gasteiger partial charge on any atom is 0.242 e. The average Bonchev–Trinajstić information content (AvgIpc) is 0.832. The van der Waals surface area contributed by atoms with E-state index in [0.29, 0.717) is 82.6 Å². The summed E-state index contributed by atoms with van der Waals surface area (Å²) in [6.45, 7) is -0.913. The number of ether oxygens (including phenoxy) is 6. The fourth-order valence-electron chi connectivity index (χ4n) is 10.5. The van der Waals surface area contributed by atoms with Gasteiger partial charge in [-0.25, -0.2) is 0 Å². The summed E-state index contributed by atoms with van der Waals surface area (Å²) in [5.41, 5.74) is 36.5. The van der Waals surface area contributed by atoms with Crippen LogP contribution in [0.1, 0.15) is 121 Å². The summed E-state index contributed by atoms with van der Waals surface area (Å²) in [5, 5.41) is 115. The van der Waals surface area contributed by atoms with Gasteiger partial charge in [0.25, 0.3) is 0 Å². The number of nitrogens with two attached hydrogens (primary N) is 2. The summed E-state index contributed by atoms with van der Waals surface area (Å²) in [5.74, 6) is -4.90. The molecule has 34 nitrogen and oxygen atoms in total. The van der Waals surface area contributed by atoms with E-state index in [0.717, 1.165) is 0 Å². The number of hydrogen-bond acceptors (Lipinski definition) is 24. The summed E-state index contributed by atoms with van der Waals surface area (Å²) < 4.78 is 33.0. The molecule has 0 spiro atoms. The second kappa shape index (κ2) is 80.2. The Kier molecular flexibility index (Phi) is 103. The first-order valence-corrected chi connectivity index (χ1v) is 32.3. The Bertz CT molecular complexity index is 2460. The number of aromatic hydroxyl groups is 1. The van der Waals surface area contributed by atoms with E-state index in [4.69, 9.17) is 57.1 Å². The van der Waals surface area contributed by atoms with Gasteiger partial charge >= 0.3 is 0 Å². The van der Waals surface area contributed by atoms with Crippen molar-refractivity contribution >= 4 is 41.4 Å². The van der Waals surface area contributed by atoms with Crippen LogP contribution in [0.4, 0.5) is 0 Å². The van der Waals surface area contributed by atoms with E-state index in [1.165, 1.54) is 12.1 Å². The predicted octanol–water partition coefficient (Wildman–Crippen LogP) is -3.80. The zero-order valence-corrected chi connectivity index (χ0v) is 117. The molecule has 3 heterocycles. The number of amides is 7. The molecule has 7 amide bonds. The number of aliphatic hydroxyl groups excluding tert-OH is 9. The molecular formula is C60H102Ac12N11O23-3. The number of hydrogen-bond donors (Lipinski definition) is 18. The zero-order valence-electron chi connectivity index (χ0n) is 59.9. The van der Waals surface area contributed by atoms with Crippen LogP contribution in [-0.2, 0) is 68.4 Å². The molecule has 1 aromatic rings. The van der Waals surface area contributed by atoms with Crippen LogP contribution >= 0.6 is 0 Å². The Hall–Kier alpha value is 11.8. The van der Waals surface area contributed by atoms with Gasteiger partial charge in [-0.2, -0.15) is 0 Å². The maximum atomic E-state index is 13.9. The van der Waals surface area contributed by atoms with Gasteiger partial charge in [0.05, 0.1) is 44.2 Å². The second-order valence-corrected chi connectivity index (χ2v) is 23.8. The number of rotatable bonds is 45. The molecule has 106 heavy (non-hydrogen) atoms. The fraction of sp³-hybridized carbons (Fsp3) is 0.783. The van der Waals surface area contributed by atoms with Gasteiger partial charge in [0.15, 0.2) is 0 Å². The van der Waals surface area contributed by atoms with Crippen molar-refractivity contribution in [2.75, 3.05) is 59.3 Å². The number of carbonyl (C=O) groups is 7. The van der Waals surface area contributed by atoms with Crippen LogP contribution in [0.3, 0.4) is 0 Å². The average molecular weight is 4070 g/mol. The van der Waals surface area contributed by atoms with Crippen LogP contribution < -0.4 is 43.4 Å². The molecule has 19 unspecified atom stereocenters. The third-order valence-electron chi connectivity index (χ3n) is 16.3. The first-order chi connectivity index (χ1) is 44.9. The van der Waals surface area contributed by atoms with Gasteiger partial charge in [-0.3, -0.25) is 33.6 Å². The summed E-state index contributed by atoms with van der Waals surface area (Å²) in [4.78, 5) is 93.9. The third kappa shape index (κ3) is 54.2. The SMILES string of the molecule is [Ac].[Ac].[Ac].[Ac].[Ac].[Ac].[Ac].[Ac].[Ac].[Ac].[Ac].[Ac].[NH-]C1C(OCCCCCCNC(=O)C(CCC(N)=O)NC(=O)CCC(NC(=O)CCC(NC(=O)C(N)Cc2ccc(O)cc2)C(=O)NCCCCCCOC2OC(CO)C(O)C(O)C2[NH-])C(=O)NCCCCCCOC2OC(CO)C(O)C(O)C2[NH-])OC(CO)C(O)C1O. The number of aliphatic hydroxyl groups is 9. The minimum Gasteiger partial charge on any atom is -0.668 e. The number of carbonyl (C=O) groups excluding carboxylic acids is 7. The fourth-order valence-corrected chi connectivity index (χ4v) is 10.5. The monoisotopic (exact) mass is 4070 g/mol. The molecule has 3 aliphatic heterocycles. The van der Waals surface area contributed by atoms with Crippen LogP contribution in [-0.4, -0.2) is 268 Å². The summed E-state index contributed by atoms with van der Waals surface area (Å²) in [6, 6.07) is -2.98. The van der Waals surface area contributed by atoms with E-state index in [9.17, 15) is 84.6 Å². The second-order valence-electron chi connectivity index (χ2n) is 23.8. The van der Waals surface area contributed by atoms with Crippen LogP contribution in [0.2, 0.25) is 0 Å². The molecular weight excluding hydrogens is 3970 g/mol. The molecule has 3 fully saturated rings. The Balaban J connectivity index is -0.00000112. The maximum absolute atomic E-state index is 13.9. The van der Waals surface area contributed by atoms with Gasteiger partial charge in [-0.05, 0) is 81.9 Å². The summed E-state index contributed by atoms with van der Waals surface area (Å²) in [6.07, 6.45) is -11.0. The van der Waals surface area contributed by atoms with E-state index in [-0.39, 0.29) is 606 Å². The van der Waals surface area contributed by atoms with Crippen molar-refractivity contribution in [3.63, 3.8) is 0 Å². The van der Waals surface area contributed by atoms with Crippen molar-refractivity contribution in [3.8, 4) is 5.75 Å². The van der Waals surface area contributed by atoms with Crippen molar-refractivity contribution < 1.29 is 642 Å². The first kappa shape index (κ1) is 136. The molecule has 3 aliphatic rings. The van der Waals surface area contributed by atoms with Crippen LogP contribution in [0.15, 0.2) is 24.3 Å². The minimum absolute atomic E-state index is 0. The zero-order chi connectivity index (χ0) is 69.3. The molecule has 0 aromatic heterocycles. The quantitative estimate of drug-likeness (QED) is 0.0279. The topological polar surface area (TPSA) is 573 Å². The summed E-state index contributed by atoms with van der Waals surface area (Å²) >= 11 is 0. The number of unbranched alkanes of at least 4 members (excludes halogenated alkanes) is 9. The van der Waals surface area contributed by atoms with Crippen molar-refractivity contribution in [1.29, 1.82) is 0 Å². The van der Waals surface area contributed by atoms with Gasteiger partial charge in [0, 0.05) is 587 Å². The molecule has 3 saturated heterocycles. The van der Waals surface area contributed by atoms with Gasteiger partial charge in [0.1, 0.15) is 79.4 Å². The normalized spacial score (nSPS) is 24.3. The Morgan fingerprint density at radius 1 is 0.415 bits per heavy atom. The van der Waals surface area contributed by atoms with Crippen molar-refractivity contribution in [3.05, 3.63) is 47.0 Å². The molecule has 0 aliphatic carbocycles. The van der Waals surface area contributed by atoms with E-state index in [2.05, 4.69) is 31.9 Å². The summed E-state index contributed by atoms with van der Waals surface area (Å²) in [7, 11) is 0. The Morgan fingerprint density at radius 3 is 0.991 bits per heavy atom. The Morgan fingerprint density at radius 2 is 0.698 bits per heavy atom. The predicted molar refractivity (Wildman–Crippen MR) is 332 cm³/mol. The molecule has 1 aromatic carbocycles. The molecule has 4 rings (SSSR count). The van der Waals surface area contributed by atoms with Gasteiger partial charge < -0.3 is 140 Å². The van der Waals surface area contributed by atoms with Gasteiger partial charge in [-0.15, -0.1) is 0 Å². The first-order valence-electron chi connectivity index (χ1n) is 32.3. The van der Waals surface area contributed by atoms with E-state index < -0.39 is 190 Å². The van der Waals surface area contributed by atoms with Crippen molar-refractivity contribution in [2.45, 2.75) is 238 Å². The number of nitrogens with one attached hydrogen (secondary N) is 9. The van der Waals surface area contributed by atoms with E-state index in [1.807, 2.05) is 0 Å². The third-order valence-corrected chi connectivity index (χ3v) is 16.3. The van der Waals surface area contributed by atoms with E-state index in [1.54, 1.807) is 12.1 Å². The van der Waals surface area contributed by atoms with Gasteiger partial charge in [-0.1, -0.05) is 68.8 Å². The number of primary amides is 1. The van der Waals surface area contributed by atoms with Crippen LogP contribution in [0.25, 0.3) is 17.2 Å². The molecule has 23 N–H and O–H groups in total. The Labute approximate surface area is 1050 Å². The molecule has 574 valence electrons. The molecule has 0 saturated carbocycles. The van der Waals surface area contributed by atoms with E-state index >= 15 is 0 Å². The standard InChI is InChI=1S/C60H102N11O23.12Ac/c61-35(29-33-13-15-34(75)16-14-33)54(85)71-38(57(88)68-25-9-3-6-12-28-91-60-47(65)53(84)50(81)41(32-74)94-60)19-22-44(78)70-37(56(87)67-24-8-2-5-11-27-90-59-46(64)52(83)49(80)40(31-73)93-59)18-21-43(77)69-36(17-20-42(62)76)55(86)66-23-7-1-4-10-26-89-58-45(63)51(82)48(79)39(30-72)92-58;;;;;;;;;;;;/h13-16,35-41,45-53,58-60,63-65,72-75,79-84H,1-12,17-32,61H2,(H2,62,76)(H,66,86)(H,67,87)(H,68,88)(H,69,77)(H,70,78)(H,71,85);;;;;;;;;;;;/q-3;;;;;;;;;;;;. The number of phenols is 1. The van der Waals surface area contributed by atoms with Gasteiger partial charge in [0.2, 0.25) is 41.4 Å². The molecule has 0 bridgehead atoms. The van der Waals surface area contributed by atoms with Crippen molar-refractivity contribution in [2.24, 2.45) is 11.5 Å². The molecule has 19 atom stereocenters. The molecule has 12 radical (unpaired) electrons. The smallest absolute Gasteiger partial charge is 0.242 e. The van der Waals surface area contributed by atoms with Crippen molar-refractivity contribution in [1.82, 2.24) is 31.9 Å². The number of phenolic OH excluding ortho intramolecular Hbond substituents is 1. The largest absolute Gasteiger partial charge is 0.668 e. The van der Waals surface area contributed by atoms with Crippen LogP contribution in [0.5, 0.6) is 5.75 Å².